The Morgan fingerprint density at radius 3 is 2.84 bits per heavy atom. The molecule has 1 amide bonds. The minimum absolute atomic E-state index is 0.272. The van der Waals surface area contributed by atoms with Gasteiger partial charge in [-0.05, 0) is 36.7 Å². The van der Waals surface area contributed by atoms with Crippen LogP contribution < -0.4 is 11.1 Å². The predicted molar refractivity (Wildman–Crippen MR) is 72.4 cm³/mol. The van der Waals surface area contributed by atoms with E-state index in [0.29, 0.717) is 12.1 Å². The van der Waals surface area contributed by atoms with E-state index in [9.17, 15) is 9.18 Å². The Hall–Kier alpha value is -1.17. The third-order valence-electron chi connectivity index (χ3n) is 3.21. The zero-order valence-corrected chi connectivity index (χ0v) is 11.3. The molecule has 1 aliphatic heterocycles. The second-order valence-electron chi connectivity index (χ2n) is 4.65. The number of nitrogens with zero attached hydrogens (tertiary/aromatic N) is 1. The smallest absolute Gasteiger partial charge is 0.239 e. The lowest BCUT2D eigenvalue weighted by Gasteiger charge is -2.28. The van der Waals surface area contributed by atoms with Gasteiger partial charge in [-0.1, -0.05) is 11.6 Å². The molecule has 0 spiro atoms. The third-order valence-corrected chi connectivity index (χ3v) is 3.43. The Morgan fingerprint density at radius 2 is 2.16 bits per heavy atom. The van der Waals surface area contributed by atoms with Gasteiger partial charge in [0.1, 0.15) is 11.9 Å². The molecule has 1 saturated heterocycles. The average molecular weight is 286 g/mol. The molecule has 1 unspecified atom stereocenters. The van der Waals surface area contributed by atoms with Gasteiger partial charge in [-0.3, -0.25) is 9.69 Å². The van der Waals surface area contributed by atoms with Crippen molar-refractivity contribution < 1.29 is 9.18 Å². The number of nitrogens with two attached hydrogens (primary N) is 1. The van der Waals surface area contributed by atoms with E-state index >= 15 is 0 Å². The number of halogens is 2. The highest BCUT2D eigenvalue weighted by atomic mass is 35.5. The van der Waals surface area contributed by atoms with Gasteiger partial charge < -0.3 is 11.1 Å². The summed E-state index contributed by atoms with van der Waals surface area (Å²) in [5.41, 5.74) is 6.00. The van der Waals surface area contributed by atoms with Gasteiger partial charge in [-0.25, -0.2) is 4.39 Å². The maximum Gasteiger partial charge on any atom is 0.239 e. The van der Waals surface area contributed by atoms with Crippen molar-refractivity contribution in [2.75, 3.05) is 26.2 Å². The molecule has 0 aliphatic carbocycles. The van der Waals surface area contributed by atoms with Gasteiger partial charge in [0.2, 0.25) is 5.91 Å². The van der Waals surface area contributed by atoms with Crippen LogP contribution in [0.1, 0.15) is 18.0 Å². The summed E-state index contributed by atoms with van der Waals surface area (Å²) >= 11 is 5.85. The number of hydrogen-bond acceptors (Lipinski definition) is 3. The maximum absolute atomic E-state index is 13.4. The van der Waals surface area contributed by atoms with Crippen LogP contribution in [0.2, 0.25) is 5.02 Å². The second kappa shape index (κ2) is 6.32. The van der Waals surface area contributed by atoms with Crippen molar-refractivity contribution in [1.29, 1.82) is 0 Å². The summed E-state index contributed by atoms with van der Waals surface area (Å²) in [5.74, 6) is -0.940. The lowest BCUT2D eigenvalue weighted by Crippen LogP contribution is -2.39. The van der Waals surface area contributed by atoms with E-state index in [1.54, 1.807) is 6.07 Å². The molecule has 0 bridgehead atoms. The van der Waals surface area contributed by atoms with Crippen molar-refractivity contribution in [3.63, 3.8) is 0 Å². The third kappa shape index (κ3) is 3.65. The van der Waals surface area contributed by atoms with Crippen molar-refractivity contribution in [2.45, 2.75) is 12.5 Å². The highest BCUT2D eigenvalue weighted by molar-refractivity contribution is 6.30. The fraction of sp³-hybridized carbons (Fsp3) is 0.462. The lowest BCUT2D eigenvalue weighted by molar-refractivity contribution is -0.123. The van der Waals surface area contributed by atoms with Gasteiger partial charge in [0.15, 0.2) is 0 Å². The van der Waals surface area contributed by atoms with Gasteiger partial charge in [0, 0.05) is 24.7 Å². The summed E-state index contributed by atoms with van der Waals surface area (Å²) in [7, 11) is 0. The number of hydrogen-bond donors (Lipinski definition) is 2. The average Bonchev–Trinajstić information content (AvgIpc) is 2.56. The summed E-state index contributed by atoms with van der Waals surface area (Å²) in [6.07, 6.45) is 0.923. The van der Waals surface area contributed by atoms with Crippen LogP contribution in [0.3, 0.4) is 0 Å². The number of amides is 1. The maximum atomic E-state index is 13.4. The molecule has 6 heteroatoms. The first-order chi connectivity index (χ1) is 9.08. The minimum Gasteiger partial charge on any atom is -0.368 e. The van der Waals surface area contributed by atoms with Crippen molar-refractivity contribution in [2.24, 2.45) is 5.73 Å². The van der Waals surface area contributed by atoms with Crippen LogP contribution >= 0.6 is 11.6 Å². The van der Waals surface area contributed by atoms with Crippen LogP contribution in [-0.4, -0.2) is 37.0 Å². The summed E-state index contributed by atoms with van der Waals surface area (Å²) in [6.45, 7) is 3.13. The molecular formula is C13H17ClFN3O. The lowest BCUT2D eigenvalue weighted by atomic mass is 10.0. The first-order valence-electron chi connectivity index (χ1n) is 6.28. The summed E-state index contributed by atoms with van der Waals surface area (Å²) in [5, 5.41) is 3.52. The Balaban J connectivity index is 2.30. The van der Waals surface area contributed by atoms with E-state index < -0.39 is 17.8 Å². The normalized spacial score (nSPS) is 18.8. The predicted octanol–water partition coefficient (Wildman–Crippen LogP) is 1.30. The van der Waals surface area contributed by atoms with Crippen molar-refractivity contribution in [3.05, 3.63) is 34.6 Å². The van der Waals surface area contributed by atoms with Gasteiger partial charge in [0.05, 0.1) is 0 Å². The highest BCUT2D eigenvalue weighted by Gasteiger charge is 2.26. The van der Waals surface area contributed by atoms with Gasteiger partial charge in [-0.15, -0.1) is 0 Å². The van der Waals surface area contributed by atoms with Crippen LogP contribution in [0, 0.1) is 5.82 Å². The van der Waals surface area contributed by atoms with Crippen molar-refractivity contribution >= 4 is 17.5 Å². The minimum atomic E-state index is -0.631. The number of benzene rings is 1. The zero-order chi connectivity index (χ0) is 13.8. The molecule has 0 aromatic heterocycles. The molecule has 1 aliphatic rings. The molecule has 2 rings (SSSR count). The Kier molecular flexibility index (Phi) is 4.74. The molecule has 4 nitrogen and oxygen atoms in total. The molecule has 104 valence electrons. The van der Waals surface area contributed by atoms with Crippen LogP contribution in [0.4, 0.5) is 4.39 Å². The molecule has 1 aromatic rings. The highest BCUT2D eigenvalue weighted by Crippen LogP contribution is 2.25. The fourth-order valence-corrected chi connectivity index (χ4v) is 2.64. The van der Waals surface area contributed by atoms with Crippen molar-refractivity contribution in [1.82, 2.24) is 10.2 Å². The van der Waals surface area contributed by atoms with Crippen LogP contribution in [0.5, 0.6) is 0 Å². The van der Waals surface area contributed by atoms with Gasteiger partial charge in [0.25, 0.3) is 0 Å². The summed E-state index contributed by atoms with van der Waals surface area (Å²) in [6, 6.07) is 3.50. The SMILES string of the molecule is NC(=O)C(c1cc(F)cc(Cl)c1)N1CCCNCC1. The number of carbonyl (C=O) groups excluding carboxylic acids is 1. The Morgan fingerprint density at radius 1 is 1.37 bits per heavy atom. The molecule has 3 N–H and O–H groups in total. The first kappa shape index (κ1) is 14.2. The Labute approximate surface area is 116 Å². The van der Waals surface area contributed by atoms with Gasteiger partial charge in [-0.2, -0.15) is 0 Å². The largest absolute Gasteiger partial charge is 0.368 e. The van der Waals surface area contributed by atoms with Crippen LogP contribution in [0.25, 0.3) is 0 Å². The monoisotopic (exact) mass is 285 g/mol. The summed E-state index contributed by atoms with van der Waals surface area (Å²) in [4.78, 5) is 13.7. The Bertz CT molecular complexity index is 441. The molecule has 1 fully saturated rings. The standard InChI is InChI=1S/C13H17ClFN3O/c14-10-6-9(7-11(15)8-10)12(13(16)19)18-4-1-2-17-3-5-18/h6-8,12,17H,1-5H2,(H2,16,19). The van der Waals surface area contributed by atoms with E-state index in [2.05, 4.69) is 5.32 Å². The van der Waals surface area contributed by atoms with E-state index in [1.165, 1.54) is 12.1 Å². The second-order valence-corrected chi connectivity index (χ2v) is 5.08. The number of carbonyl (C=O) groups is 1. The quantitative estimate of drug-likeness (QED) is 0.880. The van der Waals surface area contributed by atoms with Crippen LogP contribution in [-0.2, 0) is 4.79 Å². The molecule has 19 heavy (non-hydrogen) atoms. The van der Waals surface area contributed by atoms with Crippen molar-refractivity contribution in [3.8, 4) is 0 Å². The van der Waals surface area contributed by atoms with E-state index in [1.807, 2.05) is 4.90 Å². The number of nitrogens with one attached hydrogen (secondary N) is 1. The molecule has 1 aromatic carbocycles. The summed E-state index contributed by atoms with van der Waals surface area (Å²) < 4.78 is 13.4. The molecule has 0 radical (unpaired) electrons. The number of rotatable bonds is 3. The fourth-order valence-electron chi connectivity index (χ4n) is 2.41. The van der Waals surface area contributed by atoms with Gasteiger partial charge >= 0.3 is 0 Å². The first-order valence-corrected chi connectivity index (χ1v) is 6.66. The van der Waals surface area contributed by atoms with E-state index in [0.717, 1.165) is 26.1 Å². The molecule has 0 saturated carbocycles. The molecular weight excluding hydrogens is 269 g/mol. The van der Waals surface area contributed by atoms with E-state index in [4.69, 9.17) is 17.3 Å². The zero-order valence-electron chi connectivity index (χ0n) is 10.5. The molecule has 1 heterocycles. The number of primary amides is 1. The van der Waals surface area contributed by atoms with Crippen LogP contribution in [0.15, 0.2) is 18.2 Å². The molecule has 1 atom stereocenters. The van der Waals surface area contributed by atoms with E-state index in [-0.39, 0.29) is 5.02 Å². The topological polar surface area (TPSA) is 58.4 Å².